The van der Waals surface area contributed by atoms with Gasteiger partial charge in [0, 0.05) is 14.2 Å². The first-order chi connectivity index (χ1) is 10.4. The number of carbonyl (C=O) groups excluding carboxylic acids is 1. The van der Waals surface area contributed by atoms with E-state index < -0.39 is 6.16 Å². The Morgan fingerprint density at radius 2 is 1.05 bits per heavy atom. The molecular weight excluding hydrogens is 292 g/mol. The van der Waals surface area contributed by atoms with Crippen LogP contribution < -0.4 is 0 Å². The lowest BCUT2D eigenvalue weighted by Gasteiger charge is -2.17. The monoisotopic (exact) mass is 322 g/mol. The SMILES string of the molecule is COC(C)COC(C)COC(=O)OCC(C)OCC(C)OC. The Balaban J connectivity index is 3.68. The highest BCUT2D eigenvalue weighted by Gasteiger charge is 2.13. The molecule has 0 heterocycles. The van der Waals surface area contributed by atoms with Crippen molar-refractivity contribution in [1.82, 2.24) is 0 Å². The van der Waals surface area contributed by atoms with Crippen LogP contribution in [0.1, 0.15) is 27.7 Å². The molecule has 7 nitrogen and oxygen atoms in total. The fraction of sp³-hybridized carbons (Fsp3) is 0.933. The van der Waals surface area contributed by atoms with Gasteiger partial charge in [-0.25, -0.2) is 4.79 Å². The molecule has 0 fully saturated rings. The van der Waals surface area contributed by atoms with E-state index in [4.69, 9.17) is 28.4 Å². The second-order valence-electron chi connectivity index (χ2n) is 5.25. The molecule has 0 spiro atoms. The van der Waals surface area contributed by atoms with Crippen molar-refractivity contribution in [2.45, 2.75) is 52.1 Å². The number of hydrogen-bond acceptors (Lipinski definition) is 7. The van der Waals surface area contributed by atoms with E-state index in [0.717, 1.165) is 0 Å². The molecule has 0 aliphatic heterocycles. The molecule has 0 aliphatic rings. The third kappa shape index (κ3) is 11.7. The lowest BCUT2D eigenvalue weighted by Crippen LogP contribution is -2.26. The minimum atomic E-state index is -0.731. The summed E-state index contributed by atoms with van der Waals surface area (Å²) in [5, 5.41) is 0. The fourth-order valence-corrected chi connectivity index (χ4v) is 1.24. The van der Waals surface area contributed by atoms with Gasteiger partial charge in [0.2, 0.25) is 0 Å². The van der Waals surface area contributed by atoms with Crippen LogP contribution in [-0.2, 0) is 28.4 Å². The molecule has 7 heteroatoms. The summed E-state index contributed by atoms with van der Waals surface area (Å²) in [5.41, 5.74) is 0. The molecule has 0 saturated heterocycles. The van der Waals surface area contributed by atoms with E-state index in [1.54, 1.807) is 14.2 Å². The Morgan fingerprint density at radius 3 is 1.36 bits per heavy atom. The van der Waals surface area contributed by atoms with Gasteiger partial charge < -0.3 is 28.4 Å². The maximum atomic E-state index is 11.4. The topological polar surface area (TPSA) is 72.5 Å². The van der Waals surface area contributed by atoms with Crippen LogP contribution in [0.4, 0.5) is 4.79 Å². The summed E-state index contributed by atoms with van der Waals surface area (Å²) in [6.07, 6.45) is -1.17. The van der Waals surface area contributed by atoms with Crippen molar-refractivity contribution in [3.8, 4) is 0 Å². The molecule has 0 rings (SSSR count). The highest BCUT2D eigenvalue weighted by atomic mass is 16.7. The molecule has 0 aromatic carbocycles. The number of rotatable bonds is 12. The van der Waals surface area contributed by atoms with E-state index in [1.807, 2.05) is 27.7 Å². The summed E-state index contributed by atoms with van der Waals surface area (Å²) >= 11 is 0. The van der Waals surface area contributed by atoms with E-state index >= 15 is 0 Å². The van der Waals surface area contributed by atoms with Crippen LogP contribution in [-0.4, -0.2) is 71.2 Å². The standard InChI is InChI=1S/C15H30O7/c1-11(17-5)7-19-13(3)9-21-15(16)22-10-14(4)20-8-12(2)18-6/h11-14H,7-10H2,1-6H3. The average Bonchev–Trinajstić information content (AvgIpc) is 2.53. The molecule has 0 aliphatic carbocycles. The molecular formula is C15H30O7. The smallest absolute Gasteiger partial charge is 0.432 e. The van der Waals surface area contributed by atoms with Crippen LogP contribution in [0.3, 0.4) is 0 Å². The van der Waals surface area contributed by atoms with Crippen molar-refractivity contribution in [3.63, 3.8) is 0 Å². The second kappa shape index (κ2) is 12.6. The van der Waals surface area contributed by atoms with Crippen molar-refractivity contribution >= 4 is 6.16 Å². The molecule has 0 aromatic rings. The van der Waals surface area contributed by atoms with Gasteiger partial charge in [0.05, 0.1) is 37.6 Å². The summed E-state index contributed by atoms with van der Waals surface area (Å²) in [6, 6.07) is 0. The summed E-state index contributed by atoms with van der Waals surface area (Å²) in [7, 11) is 3.23. The van der Waals surface area contributed by atoms with Crippen LogP contribution in [0.15, 0.2) is 0 Å². The molecule has 0 N–H and O–H groups in total. The van der Waals surface area contributed by atoms with Crippen molar-refractivity contribution in [2.75, 3.05) is 40.6 Å². The first kappa shape index (κ1) is 21.1. The molecule has 0 bridgehead atoms. The minimum Gasteiger partial charge on any atom is -0.432 e. The van der Waals surface area contributed by atoms with Gasteiger partial charge in [-0.1, -0.05) is 0 Å². The average molecular weight is 322 g/mol. The van der Waals surface area contributed by atoms with Crippen LogP contribution >= 0.6 is 0 Å². The van der Waals surface area contributed by atoms with Gasteiger partial charge in [-0.15, -0.1) is 0 Å². The Bertz CT molecular complexity index is 259. The number of hydrogen-bond donors (Lipinski definition) is 0. The Morgan fingerprint density at radius 1 is 0.682 bits per heavy atom. The summed E-state index contributed by atoms with van der Waals surface area (Å²) < 4.78 is 30.9. The van der Waals surface area contributed by atoms with Crippen LogP contribution in [0.25, 0.3) is 0 Å². The highest BCUT2D eigenvalue weighted by Crippen LogP contribution is 2.00. The van der Waals surface area contributed by atoms with Gasteiger partial charge >= 0.3 is 6.16 Å². The van der Waals surface area contributed by atoms with Gasteiger partial charge in [0.25, 0.3) is 0 Å². The van der Waals surface area contributed by atoms with E-state index in [9.17, 15) is 4.79 Å². The predicted octanol–water partition coefficient (Wildman–Crippen LogP) is 2.02. The number of carbonyl (C=O) groups is 1. The molecule has 4 unspecified atom stereocenters. The highest BCUT2D eigenvalue weighted by molar-refractivity contribution is 5.59. The number of ether oxygens (including phenoxy) is 6. The Kier molecular flexibility index (Phi) is 12.1. The molecule has 0 aromatic heterocycles. The summed E-state index contributed by atoms with van der Waals surface area (Å²) in [5.74, 6) is 0. The lowest BCUT2D eigenvalue weighted by molar-refractivity contribution is -0.0585. The zero-order valence-electron chi connectivity index (χ0n) is 14.5. The molecule has 0 amide bonds. The van der Waals surface area contributed by atoms with Crippen molar-refractivity contribution < 1.29 is 33.2 Å². The maximum Gasteiger partial charge on any atom is 0.508 e. The van der Waals surface area contributed by atoms with Gasteiger partial charge in [0.1, 0.15) is 13.2 Å². The van der Waals surface area contributed by atoms with Crippen LogP contribution in [0.5, 0.6) is 0 Å². The molecule has 22 heavy (non-hydrogen) atoms. The molecule has 4 atom stereocenters. The maximum absolute atomic E-state index is 11.4. The first-order valence-corrected chi connectivity index (χ1v) is 7.47. The molecule has 132 valence electrons. The lowest BCUT2D eigenvalue weighted by atomic mass is 10.4. The number of methoxy groups -OCH3 is 2. The van der Waals surface area contributed by atoms with E-state index in [2.05, 4.69) is 0 Å². The molecule has 0 radical (unpaired) electrons. The third-order valence-electron chi connectivity index (χ3n) is 2.91. The van der Waals surface area contributed by atoms with Crippen molar-refractivity contribution in [1.29, 1.82) is 0 Å². The third-order valence-corrected chi connectivity index (χ3v) is 2.91. The normalized spacial score (nSPS) is 16.6. The van der Waals surface area contributed by atoms with Crippen LogP contribution in [0.2, 0.25) is 0 Å². The fourth-order valence-electron chi connectivity index (χ4n) is 1.24. The van der Waals surface area contributed by atoms with E-state index in [-0.39, 0.29) is 37.6 Å². The predicted molar refractivity (Wildman–Crippen MR) is 81.1 cm³/mol. The zero-order chi connectivity index (χ0) is 17.0. The van der Waals surface area contributed by atoms with E-state index in [1.165, 1.54) is 0 Å². The minimum absolute atomic E-state index is 0.00175. The van der Waals surface area contributed by atoms with Gasteiger partial charge in [-0.05, 0) is 27.7 Å². The van der Waals surface area contributed by atoms with Crippen molar-refractivity contribution in [3.05, 3.63) is 0 Å². The first-order valence-electron chi connectivity index (χ1n) is 7.47. The van der Waals surface area contributed by atoms with E-state index in [0.29, 0.717) is 13.2 Å². The largest absolute Gasteiger partial charge is 0.508 e. The van der Waals surface area contributed by atoms with Crippen LogP contribution in [0, 0.1) is 0 Å². The van der Waals surface area contributed by atoms with Gasteiger partial charge in [-0.2, -0.15) is 0 Å². The van der Waals surface area contributed by atoms with Gasteiger partial charge in [0.15, 0.2) is 0 Å². The summed E-state index contributed by atoms with van der Waals surface area (Å²) in [4.78, 5) is 11.4. The second-order valence-corrected chi connectivity index (χ2v) is 5.25. The summed E-state index contributed by atoms with van der Waals surface area (Å²) in [6.45, 7) is 8.57. The van der Waals surface area contributed by atoms with Gasteiger partial charge in [-0.3, -0.25) is 0 Å². The Hall–Kier alpha value is -0.890. The zero-order valence-corrected chi connectivity index (χ0v) is 14.5. The quantitative estimate of drug-likeness (QED) is 0.509. The Labute approximate surface area is 133 Å². The molecule has 0 saturated carbocycles. The van der Waals surface area contributed by atoms with Crippen molar-refractivity contribution in [2.24, 2.45) is 0 Å².